The van der Waals surface area contributed by atoms with Crippen LogP contribution in [0.2, 0.25) is 5.02 Å². The molecule has 10 nitrogen and oxygen atoms in total. The number of anilines is 1. The number of halogens is 2. The molecule has 198 valence electrons. The molecule has 1 aliphatic rings. The van der Waals surface area contributed by atoms with Crippen LogP contribution in [0.4, 0.5) is 10.4 Å². The topological polar surface area (TPSA) is 167 Å². The molecule has 2 aromatic heterocycles. The van der Waals surface area contributed by atoms with Crippen molar-refractivity contribution in [2.75, 3.05) is 18.9 Å². The number of hydrogen-bond donors (Lipinski definition) is 4. The van der Waals surface area contributed by atoms with Crippen LogP contribution in [-0.2, 0) is 15.8 Å². The van der Waals surface area contributed by atoms with E-state index in [1.165, 1.54) is 37.3 Å². The number of carbonyl (C=O) groups excluding carboxylic acids is 2. The van der Waals surface area contributed by atoms with Gasteiger partial charge in [-0.25, -0.2) is 9.37 Å². The number of primary amides is 1. The van der Waals surface area contributed by atoms with Gasteiger partial charge < -0.3 is 31.0 Å². The summed E-state index contributed by atoms with van der Waals surface area (Å²) >= 11 is 6.00. The van der Waals surface area contributed by atoms with E-state index < -0.39 is 28.6 Å². The molecule has 0 spiro atoms. The number of carbonyl (C=O) groups is 2. The molecule has 0 unspecified atom stereocenters. The molecule has 0 radical (unpaired) electrons. The van der Waals surface area contributed by atoms with Gasteiger partial charge >= 0.3 is 0 Å². The Morgan fingerprint density at radius 2 is 2.03 bits per heavy atom. The van der Waals surface area contributed by atoms with Gasteiger partial charge in [-0.1, -0.05) is 11.6 Å². The molecule has 4 aromatic rings. The summed E-state index contributed by atoms with van der Waals surface area (Å²) in [6.07, 6.45) is 0. The van der Waals surface area contributed by atoms with E-state index in [1.54, 1.807) is 19.1 Å². The first kappa shape index (κ1) is 25.4. The fraction of sp³-hybridized carbons (Fsp3) is 0.231. The summed E-state index contributed by atoms with van der Waals surface area (Å²) in [5.41, 5.74) is 10.6. The molecule has 0 fully saturated rings. The van der Waals surface area contributed by atoms with E-state index in [0.717, 1.165) is 0 Å². The molecule has 2 amide bonds. The Morgan fingerprint density at radius 1 is 1.26 bits per heavy atom. The third kappa shape index (κ3) is 4.29. The molecule has 1 aliphatic heterocycles. The van der Waals surface area contributed by atoms with E-state index in [1.807, 2.05) is 0 Å². The summed E-state index contributed by atoms with van der Waals surface area (Å²) in [7, 11) is 0. The van der Waals surface area contributed by atoms with Gasteiger partial charge in [0.2, 0.25) is 5.91 Å². The van der Waals surface area contributed by atoms with Crippen LogP contribution >= 0.6 is 11.6 Å². The molecule has 0 saturated heterocycles. The lowest BCUT2D eigenvalue weighted by Crippen LogP contribution is -2.41. The number of benzene rings is 2. The fourth-order valence-electron chi connectivity index (χ4n) is 4.23. The molecular formula is C26H25ClFN5O5. The van der Waals surface area contributed by atoms with Crippen molar-refractivity contribution in [2.45, 2.75) is 24.9 Å². The molecule has 0 aliphatic carbocycles. The third-order valence-electron chi connectivity index (χ3n) is 6.62. The van der Waals surface area contributed by atoms with Gasteiger partial charge in [0.05, 0.1) is 17.3 Å². The molecule has 2 aromatic carbocycles. The molecule has 0 saturated carbocycles. The number of amides is 2. The summed E-state index contributed by atoms with van der Waals surface area (Å²) in [4.78, 5) is 33.8. The van der Waals surface area contributed by atoms with Crippen LogP contribution in [0.5, 0.6) is 5.75 Å². The Morgan fingerprint density at radius 3 is 2.74 bits per heavy atom. The Kier molecular flexibility index (Phi) is 6.00. The van der Waals surface area contributed by atoms with Gasteiger partial charge in [0.15, 0.2) is 5.58 Å². The van der Waals surface area contributed by atoms with Crippen LogP contribution in [0.1, 0.15) is 36.9 Å². The predicted molar refractivity (Wildman–Crippen MR) is 139 cm³/mol. The van der Waals surface area contributed by atoms with Crippen molar-refractivity contribution in [3.63, 3.8) is 0 Å². The number of rotatable bonds is 6. The van der Waals surface area contributed by atoms with Gasteiger partial charge in [-0.3, -0.25) is 9.59 Å². The van der Waals surface area contributed by atoms with Gasteiger partial charge in [-0.15, -0.1) is 0 Å². The van der Waals surface area contributed by atoms with Crippen molar-refractivity contribution in [3.8, 4) is 17.0 Å². The number of nitrogens with two attached hydrogens (primary N) is 2. The van der Waals surface area contributed by atoms with Crippen molar-refractivity contribution >= 4 is 40.5 Å². The smallest absolute Gasteiger partial charge is 0.292 e. The molecule has 6 N–H and O–H groups in total. The van der Waals surface area contributed by atoms with Crippen LogP contribution in [0.15, 0.2) is 46.9 Å². The lowest BCUT2D eigenvalue weighted by molar-refractivity contribution is -0.123. The zero-order valence-corrected chi connectivity index (χ0v) is 21.1. The molecule has 3 heterocycles. The number of aliphatic hydroxyl groups is 1. The van der Waals surface area contributed by atoms with E-state index in [-0.39, 0.29) is 48.3 Å². The van der Waals surface area contributed by atoms with E-state index in [2.05, 4.69) is 15.3 Å². The highest BCUT2D eigenvalue weighted by Gasteiger charge is 2.45. The number of ether oxygens (including phenoxy) is 1. The first-order valence-corrected chi connectivity index (χ1v) is 11.9. The van der Waals surface area contributed by atoms with Crippen LogP contribution in [0.25, 0.3) is 22.4 Å². The summed E-state index contributed by atoms with van der Waals surface area (Å²) < 4.78 is 24.9. The minimum absolute atomic E-state index is 0. The molecular weight excluding hydrogens is 517 g/mol. The second-order valence-electron chi connectivity index (χ2n) is 9.54. The number of nitrogens with zero attached hydrogens (tertiary/aromatic N) is 2. The van der Waals surface area contributed by atoms with Crippen LogP contribution in [0.3, 0.4) is 0 Å². The lowest BCUT2D eigenvalue weighted by atomic mass is 9.82. The predicted octanol–water partition coefficient (Wildman–Crippen LogP) is 3.28. The van der Waals surface area contributed by atoms with Crippen molar-refractivity contribution in [1.82, 2.24) is 15.3 Å². The number of hydrogen-bond acceptors (Lipinski definition) is 8. The summed E-state index contributed by atoms with van der Waals surface area (Å²) in [5.74, 6) is -1.46. The van der Waals surface area contributed by atoms with Crippen molar-refractivity contribution < 1.29 is 29.7 Å². The van der Waals surface area contributed by atoms with Gasteiger partial charge in [-0.2, -0.15) is 4.98 Å². The summed E-state index contributed by atoms with van der Waals surface area (Å²) in [6, 6.07) is 10.1. The minimum atomic E-state index is -1.70. The van der Waals surface area contributed by atoms with E-state index in [0.29, 0.717) is 22.2 Å². The Balaban J connectivity index is 0.00000353. The number of aromatic nitrogens is 2. The molecule has 12 heteroatoms. The maximum absolute atomic E-state index is 13.8. The summed E-state index contributed by atoms with van der Waals surface area (Å²) in [6.45, 7) is 2.79. The van der Waals surface area contributed by atoms with Crippen LogP contribution in [-0.4, -0.2) is 40.0 Å². The van der Waals surface area contributed by atoms with E-state index >= 15 is 0 Å². The molecule has 2 atom stereocenters. The second kappa shape index (κ2) is 8.96. The monoisotopic (exact) mass is 541 g/mol. The van der Waals surface area contributed by atoms with Crippen LogP contribution in [0, 0.1) is 5.82 Å². The zero-order valence-electron chi connectivity index (χ0n) is 20.3. The number of pyridine rings is 1. The number of oxazole rings is 1. The largest absolute Gasteiger partial charge is 0.489 e. The quantitative estimate of drug-likeness (QED) is 0.288. The zero-order chi connectivity index (χ0) is 27.4. The van der Waals surface area contributed by atoms with Crippen molar-refractivity contribution in [2.24, 2.45) is 5.73 Å². The highest BCUT2D eigenvalue weighted by Crippen LogP contribution is 2.45. The average molecular weight is 542 g/mol. The second-order valence-corrected chi connectivity index (χ2v) is 9.95. The summed E-state index contributed by atoms with van der Waals surface area (Å²) in [5, 5.41) is 13.9. The van der Waals surface area contributed by atoms with Gasteiger partial charge in [0.25, 0.3) is 11.9 Å². The molecule has 0 bridgehead atoms. The van der Waals surface area contributed by atoms with Gasteiger partial charge in [-0.05, 0) is 56.3 Å². The Labute approximate surface area is 222 Å². The maximum atomic E-state index is 13.8. The number of nitrogens with one attached hydrogen (secondary N) is 1. The average Bonchev–Trinajstić information content (AvgIpc) is 3.43. The van der Waals surface area contributed by atoms with Crippen molar-refractivity contribution in [1.29, 1.82) is 0 Å². The third-order valence-corrected chi connectivity index (χ3v) is 6.91. The first-order valence-electron chi connectivity index (χ1n) is 11.5. The highest BCUT2D eigenvalue weighted by molar-refractivity contribution is 6.31. The van der Waals surface area contributed by atoms with Crippen LogP contribution < -0.4 is 21.5 Å². The highest BCUT2D eigenvalue weighted by atomic mass is 35.5. The Bertz CT molecular complexity index is 1630. The molecule has 5 rings (SSSR count). The first-order chi connectivity index (χ1) is 17.9. The minimum Gasteiger partial charge on any atom is -0.489 e. The Hall–Kier alpha value is -4.22. The standard InChI is InChI=1S/C26H23ClFN5O5.H2/c1-25(23(29)35)11-37-21-14(25)9-19(33-20(21)12-3-5-16(28)15(27)7-12)26(2,36)10-31-22(34)13-4-6-17-18(8-13)38-24(30)32-17;/h3-9,36H,10-11H2,1-2H3,(H2,29,35)(H2,30,32)(H,31,34);1H/t25-,26-;/m0./s1. The fourth-order valence-corrected chi connectivity index (χ4v) is 4.41. The van der Waals surface area contributed by atoms with Gasteiger partial charge in [0, 0.05) is 18.1 Å². The maximum Gasteiger partial charge on any atom is 0.292 e. The van der Waals surface area contributed by atoms with E-state index in [4.69, 9.17) is 32.2 Å². The van der Waals surface area contributed by atoms with Crippen molar-refractivity contribution in [3.05, 3.63) is 70.1 Å². The number of fused-ring (bicyclic) bond motifs is 2. The normalized spacial score (nSPS) is 18.0. The molecule has 38 heavy (non-hydrogen) atoms. The number of nitrogen functional groups attached to an aromatic ring is 1. The lowest BCUT2D eigenvalue weighted by Gasteiger charge is -2.26. The van der Waals surface area contributed by atoms with Gasteiger partial charge in [0.1, 0.15) is 40.4 Å². The van der Waals surface area contributed by atoms with E-state index in [9.17, 15) is 19.1 Å². The SMILES string of the molecule is C[C@](O)(CNC(=O)c1ccc2nc(N)oc2c1)c1cc2c(c(-c3ccc(F)c(Cl)c3)n1)OC[C@]2(C)C(N)=O.[HH].